The van der Waals surface area contributed by atoms with Gasteiger partial charge in [0.05, 0.1) is 9.90 Å². The van der Waals surface area contributed by atoms with Crippen LogP contribution in [0, 0.1) is 3.57 Å². The number of carbonyl (C=O) groups is 1. The Balaban J connectivity index is 2.84. The van der Waals surface area contributed by atoms with Crippen LogP contribution >= 0.6 is 22.6 Å². The lowest BCUT2D eigenvalue weighted by atomic mass is 10.4. The minimum Gasteiger partial charge on any atom is -0.370 e. The predicted molar refractivity (Wildman–Crippen MR) is 55.0 cm³/mol. The van der Waals surface area contributed by atoms with Gasteiger partial charge in [-0.3, -0.25) is 14.2 Å². The summed E-state index contributed by atoms with van der Waals surface area (Å²) >= 11 is 1.89. The number of halogens is 1. The molecule has 6 heteroatoms. The Labute approximate surface area is 88.1 Å². The van der Waals surface area contributed by atoms with Crippen LogP contribution in [0.2, 0.25) is 0 Å². The molecule has 0 aliphatic rings. The molecule has 13 heavy (non-hydrogen) atoms. The Kier molecular flexibility index (Phi) is 3.40. The van der Waals surface area contributed by atoms with Gasteiger partial charge in [0, 0.05) is 19.2 Å². The zero-order valence-electron chi connectivity index (χ0n) is 6.74. The second kappa shape index (κ2) is 4.35. The molecule has 5 nitrogen and oxygen atoms in total. The first-order valence-corrected chi connectivity index (χ1v) is 4.67. The molecule has 1 rings (SSSR count). The molecule has 0 unspecified atom stereocenters. The molecule has 0 fully saturated rings. The number of hydrogen-bond donors (Lipinski definition) is 1. The highest BCUT2D eigenvalue weighted by Crippen LogP contribution is 1.93. The Hall–Kier alpha value is -0.920. The van der Waals surface area contributed by atoms with E-state index in [1.165, 1.54) is 17.1 Å². The summed E-state index contributed by atoms with van der Waals surface area (Å²) < 4.78 is 1.90. The quantitative estimate of drug-likeness (QED) is 0.779. The van der Waals surface area contributed by atoms with Crippen molar-refractivity contribution in [2.24, 2.45) is 5.73 Å². The van der Waals surface area contributed by atoms with Crippen LogP contribution < -0.4 is 11.3 Å². The van der Waals surface area contributed by atoms with E-state index >= 15 is 0 Å². The average Bonchev–Trinajstić information content (AvgIpc) is 2.07. The third-order valence-corrected chi connectivity index (χ3v) is 2.20. The number of nitrogens with two attached hydrogens (primary N) is 1. The van der Waals surface area contributed by atoms with Gasteiger partial charge in [-0.1, -0.05) is 0 Å². The van der Waals surface area contributed by atoms with Gasteiger partial charge in [-0.15, -0.1) is 0 Å². The fourth-order valence-corrected chi connectivity index (χ4v) is 1.28. The van der Waals surface area contributed by atoms with E-state index in [-0.39, 0.29) is 18.5 Å². The minimum atomic E-state index is -0.425. The zero-order chi connectivity index (χ0) is 9.84. The maximum absolute atomic E-state index is 11.3. The lowest BCUT2D eigenvalue weighted by molar-refractivity contribution is -0.118. The van der Waals surface area contributed by atoms with Gasteiger partial charge in [0.15, 0.2) is 0 Å². The Morgan fingerprint density at radius 1 is 1.69 bits per heavy atom. The molecule has 0 aliphatic heterocycles. The standard InChI is InChI=1S/C7H8IN3O2/c8-5-3-10-4-11(7(5)13)2-1-6(9)12/h3-4H,1-2H2,(H2,9,12). The van der Waals surface area contributed by atoms with Crippen molar-refractivity contribution >= 4 is 28.5 Å². The highest BCUT2D eigenvalue weighted by molar-refractivity contribution is 14.1. The third kappa shape index (κ3) is 2.79. The second-order valence-electron chi connectivity index (χ2n) is 2.46. The molecular formula is C7H8IN3O2. The number of aromatic nitrogens is 2. The van der Waals surface area contributed by atoms with E-state index < -0.39 is 5.91 Å². The van der Waals surface area contributed by atoms with E-state index in [1.54, 1.807) is 0 Å². The number of rotatable bonds is 3. The molecular weight excluding hydrogens is 285 g/mol. The van der Waals surface area contributed by atoms with Crippen molar-refractivity contribution in [1.82, 2.24) is 9.55 Å². The van der Waals surface area contributed by atoms with Crippen molar-refractivity contribution < 1.29 is 4.79 Å². The second-order valence-corrected chi connectivity index (χ2v) is 3.62. The van der Waals surface area contributed by atoms with Gasteiger partial charge >= 0.3 is 0 Å². The maximum atomic E-state index is 11.3. The van der Waals surface area contributed by atoms with Crippen molar-refractivity contribution in [3.63, 3.8) is 0 Å². The van der Waals surface area contributed by atoms with Crippen LogP contribution in [0.25, 0.3) is 0 Å². The summed E-state index contributed by atoms with van der Waals surface area (Å²) in [5, 5.41) is 0. The largest absolute Gasteiger partial charge is 0.370 e. The van der Waals surface area contributed by atoms with Crippen molar-refractivity contribution in [1.29, 1.82) is 0 Å². The monoisotopic (exact) mass is 293 g/mol. The maximum Gasteiger partial charge on any atom is 0.266 e. The fraction of sp³-hybridized carbons (Fsp3) is 0.286. The molecule has 0 saturated heterocycles. The molecule has 0 saturated carbocycles. The van der Waals surface area contributed by atoms with E-state index in [1.807, 2.05) is 22.6 Å². The average molecular weight is 293 g/mol. The van der Waals surface area contributed by atoms with Gasteiger partial charge in [0.2, 0.25) is 5.91 Å². The van der Waals surface area contributed by atoms with Gasteiger partial charge < -0.3 is 5.73 Å². The number of carbonyl (C=O) groups excluding carboxylic acids is 1. The van der Waals surface area contributed by atoms with Gasteiger partial charge in [0.1, 0.15) is 0 Å². The number of amides is 1. The lowest BCUT2D eigenvalue weighted by Gasteiger charge is -2.02. The number of hydrogen-bond acceptors (Lipinski definition) is 3. The van der Waals surface area contributed by atoms with Crippen molar-refractivity contribution in [3.8, 4) is 0 Å². The Morgan fingerprint density at radius 3 is 3.00 bits per heavy atom. The number of aryl methyl sites for hydroxylation is 1. The Morgan fingerprint density at radius 2 is 2.38 bits per heavy atom. The van der Waals surface area contributed by atoms with E-state index in [0.717, 1.165) is 0 Å². The predicted octanol–water partition coefficient (Wildman–Crippen LogP) is -0.277. The van der Waals surface area contributed by atoms with Crippen LogP contribution in [0.15, 0.2) is 17.3 Å². The molecule has 2 N–H and O–H groups in total. The first-order chi connectivity index (χ1) is 6.11. The molecule has 1 aromatic heterocycles. The zero-order valence-corrected chi connectivity index (χ0v) is 8.89. The van der Waals surface area contributed by atoms with Crippen molar-refractivity contribution in [2.75, 3.05) is 0 Å². The van der Waals surface area contributed by atoms with Crippen LogP contribution in [0.5, 0.6) is 0 Å². The summed E-state index contributed by atoms with van der Waals surface area (Å²) in [6, 6.07) is 0. The summed E-state index contributed by atoms with van der Waals surface area (Å²) in [5.74, 6) is -0.425. The molecule has 1 aromatic rings. The first-order valence-electron chi connectivity index (χ1n) is 3.59. The topological polar surface area (TPSA) is 78.0 Å². The summed E-state index contributed by atoms with van der Waals surface area (Å²) in [6.07, 6.45) is 3.03. The van der Waals surface area contributed by atoms with Crippen LogP contribution in [-0.2, 0) is 11.3 Å². The van der Waals surface area contributed by atoms with E-state index in [2.05, 4.69) is 4.98 Å². The van der Waals surface area contributed by atoms with E-state index in [0.29, 0.717) is 3.57 Å². The Bertz CT molecular complexity index is 374. The molecule has 70 valence electrons. The highest BCUT2D eigenvalue weighted by Gasteiger charge is 2.01. The number of primary amides is 1. The number of nitrogens with zero attached hydrogens (tertiary/aromatic N) is 2. The van der Waals surface area contributed by atoms with Crippen molar-refractivity contribution in [3.05, 3.63) is 26.4 Å². The van der Waals surface area contributed by atoms with Crippen LogP contribution in [-0.4, -0.2) is 15.5 Å². The third-order valence-electron chi connectivity index (χ3n) is 1.46. The van der Waals surface area contributed by atoms with Crippen LogP contribution in [0.4, 0.5) is 0 Å². The van der Waals surface area contributed by atoms with Gasteiger partial charge in [-0.05, 0) is 22.6 Å². The molecule has 1 amide bonds. The summed E-state index contributed by atoms with van der Waals surface area (Å²) in [7, 11) is 0. The SMILES string of the molecule is NC(=O)CCn1cncc(I)c1=O. The summed E-state index contributed by atoms with van der Waals surface area (Å²) in [6.45, 7) is 0.290. The first kappa shape index (κ1) is 10.2. The molecule has 0 aliphatic carbocycles. The molecule has 0 bridgehead atoms. The molecule has 0 radical (unpaired) electrons. The van der Waals surface area contributed by atoms with Crippen molar-refractivity contribution in [2.45, 2.75) is 13.0 Å². The van der Waals surface area contributed by atoms with Crippen LogP contribution in [0.1, 0.15) is 6.42 Å². The molecule has 0 aromatic carbocycles. The summed E-state index contributed by atoms with van der Waals surface area (Å²) in [5.41, 5.74) is 4.81. The van der Waals surface area contributed by atoms with Crippen LogP contribution in [0.3, 0.4) is 0 Å². The van der Waals surface area contributed by atoms with E-state index in [4.69, 9.17) is 5.73 Å². The van der Waals surface area contributed by atoms with E-state index in [9.17, 15) is 9.59 Å². The highest BCUT2D eigenvalue weighted by atomic mass is 127. The molecule has 0 spiro atoms. The van der Waals surface area contributed by atoms with Gasteiger partial charge in [-0.2, -0.15) is 0 Å². The smallest absolute Gasteiger partial charge is 0.266 e. The minimum absolute atomic E-state index is 0.142. The fourth-order valence-electron chi connectivity index (χ4n) is 0.814. The lowest BCUT2D eigenvalue weighted by Crippen LogP contribution is -2.25. The molecule has 0 atom stereocenters. The van der Waals surface area contributed by atoms with Gasteiger partial charge in [0.25, 0.3) is 5.56 Å². The summed E-state index contributed by atoms with van der Waals surface area (Å²) in [4.78, 5) is 25.6. The molecule has 1 heterocycles. The van der Waals surface area contributed by atoms with Gasteiger partial charge in [-0.25, -0.2) is 4.98 Å². The normalized spacial score (nSPS) is 9.92.